The van der Waals surface area contributed by atoms with Gasteiger partial charge in [0, 0.05) is 31.1 Å². The standard InChI is InChI=1S/C9H17NO3.C8H15NO3.C8H17NO.C2H6/c1-4-8(9(10)12)5-6(2)13-7(3)11;1-3-6(8(9)11)4-5-7(10)12-2;1-4-7(8(9)10)5-6(2)3;1-2/h6,8H,4-5H2,1-3H3,(H2,10,12);6H,3-5H2,1-2H3,(H2,9,11);6-7H,4-5H2,1-3H3,(H2,9,10);1-2H3. The van der Waals surface area contributed by atoms with Crippen molar-refractivity contribution >= 4 is 29.7 Å². The molecule has 0 radical (unpaired) electrons. The molecule has 6 N–H and O–H groups in total. The van der Waals surface area contributed by atoms with Gasteiger partial charge in [0.1, 0.15) is 0 Å². The summed E-state index contributed by atoms with van der Waals surface area (Å²) in [6.07, 6.45) is 4.16. The average molecular weight is 534 g/mol. The normalized spacial score (nSPS) is 12.9. The zero-order valence-electron chi connectivity index (χ0n) is 24.9. The topological polar surface area (TPSA) is 182 Å². The molecule has 0 saturated carbocycles. The van der Waals surface area contributed by atoms with E-state index in [0.29, 0.717) is 31.6 Å². The molecule has 4 atom stereocenters. The van der Waals surface area contributed by atoms with Gasteiger partial charge in [-0.05, 0) is 51.4 Å². The van der Waals surface area contributed by atoms with Gasteiger partial charge in [0.25, 0.3) is 0 Å². The first-order valence-electron chi connectivity index (χ1n) is 13.3. The van der Waals surface area contributed by atoms with E-state index in [2.05, 4.69) is 18.6 Å². The van der Waals surface area contributed by atoms with Crippen LogP contribution in [0.3, 0.4) is 0 Å². The Labute approximate surface area is 224 Å². The second-order valence-corrected chi connectivity index (χ2v) is 8.92. The SMILES string of the molecule is CC.CCC(CC(C)C)C(N)=O.CCC(CC(C)OC(C)=O)C(N)=O.CCC(CCC(=O)OC)C(N)=O. The van der Waals surface area contributed by atoms with E-state index in [0.717, 1.165) is 12.8 Å². The van der Waals surface area contributed by atoms with Crippen LogP contribution in [0.2, 0.25) is 0 Å². The summed E-state index contributed by atoms with van der Waals surface area (Å²) in [6, 6.07) is 0. The van der Waals surface area contributed by atoms with Crippen LogP contribution in [-0.4, -0.2) is 42.9 Å². The van der Waals surface area contributed by atoms with Crippen molar-refractivity contribution in [2.45, 2.75) is 113 Å². The average Bonchev–Trinajstić information content (AvgIpc) is 2.82. The summed E-state index contributed by atoms with van der Waals surface area (Å²) in [5.41, 5.74) is 15.4. The van der Waals surface area contributed by atoms with Crippen molar-refractivity contribution in [2.75, 3.05) is 7.11 Å². The Morgan fingerprint density at radius 2 is 1.08 bits per heavy atom. The van der Waals surface area contributed by atoms with Gasteiger partial charge in [-0.3, -0.25) is 24.0 Å². The van der Waals surface area contributed by atoms with E-state index in [1.165, 1.54) is 14.0 Å². The van der Waals surface area contributed by atoms with Crippen LogP contribution in [0, 0.1) is 23.7 Å². The summed E-state index contributed by atoms with van der Waals surface area (Å²) in [5, 5.41) is 0. The maximum atomic E-state index is 10.8. The van der Waals surface area contributed by atoms with Crippen LogP contribution >= 0.6 is 0 Å². The molecule has 0 aromatic heterocycles. The molecular formula is C27H55N3O7. The van der Waals surface area contributed by atoms with Gasteiger partial charge in [-0.25, -0.2) is 0 Å². The highest BCUT2D eigenvalue weighted by Gasteiger charge is 2.18. The van der Waals surface area contributed by atoms with Crippen molar-refractivity contribution in [2.24, 2.45) is 40.9 Å². The van der Waals surface area contributed by atoms with Crippen LogP contribution in [0.4, 0.5) is 0 Å². The maximum Gasteiger partial charge on any atom is 0.305 e. The van der Waals surface area contributed by atoms with Gasteiger partial charge in [0.2, 0.25) is 17.7 Å². The minimum atomic E-state index is -0.346. The third-order valence-corrected chi connectivity index (χ3v) is 5.35. The molecule has 0 aromatic rings. The van der Waals surface area contributed by atoms with Crippen LogP contribution in [0.5, 0.6) is 0 Å². The molecule has 10 nitrogen and oxygen atoms in total. The molecule has 0 rings (SSSR count). The van der Waals surface area contributed by atoms with Crippen molar-refractivity contribution in [1.82, 2.24) is 0 Å². The Balaban J connectivity index is -0.000000215. The van der Waals surface area contributed by atoms with Gasteiger partial charge in [0.15, 0.2) is 0 Å². The largest absolute Gasteiger partial charge is 0.469 e. The zero-order valence-corrected chi connectivity index (χ0v) is 24.9. The molecule has 0 aliphatic carbocycles. The van der Waals surface area contributed by atoms with Crippen LogP contribution in [0.15, 0.2) is 0 Å². The predicted molar refractivity (Wildman–Crippen MR) is 147 cm³/mol. The Morgan fingerprint density at radius 1 is 0.703 bits per heavy atom. The Morgan fingerprint density at radius 3 is 1.32 bits per heavy atom. The lowest BCUT2D eigenvalue weighted by Gasteiger charge is -2.16. The number of methoxy groups -OCH3 is 1. The monoisotopic (exact) mass is 533 g/mol. The van der Waals surface area contributed by atoms with Crippen LogP contribution in [-0.2, 0) is 33.4 Å². The van der Waals surface area contributed by atoms with E-state index in [4.69, 9.17) is 21.9 Å². The molecule has 0 aliphatic rings. The molecule has 0 aromatic carbocycles. The summed E-state index contributed by atoms with van der Waals surface area (Å²) in [7, 11) is 1.33. The Kier molecular flexibility index (Phi) is 29.6. The fourth-order valence-electron chi connectivity index (χ4n) is 3.21. The number of primary amides is 3. The summed E-state index contributed by atoms with van der Waals surface area (Å²) in [5.74, 6) is -1.21. The number of rotatable bonds is 14. The highest BCUT2D eigenvalue weighted by atomic mass is 16.5. The van der Waals surface area contributed by atoms with Crippen LogP contribution < -0.4 is 17.2 Å². The molecule has 3 amide bonds. The van der Waals surface area contributed by atoms with Gasteiger partial charge in [-0.2, -0.15) is 0 Å². The van der Waals surface area contributed by atoms with Crippen molar-refractivity contribution in [1.29, 1.82) is 0 Å². The van der Waals surface area contributed by atoms with Crippen molar-refractivity contribution in [3.05, 3.63) is 0 Å². The molecule has 220 valence electrons. The highest BCUT2D eigenvalue weighted by molar-refractivity contribution is 5.78. The number of esters is 2. The Bertz CT molecular complexity index is 639. The second-order valence-electron chi connectivity index (χ2n) is 8.92. The molecule has 0 saturated heterocycles. The molecule has 0 aliphatic heterocycles. The number of ether oxygens (including phenoxy) is 2. The molecule has 0 fully saturated rings. The van der Waals surface area contributed by atoms with Crippen molar-refractivity contribution < 1.29 is 33.4 Å². The van der Waals surface area contributed by atoms with Crippen LogP contribution in [0.1, 0.15) is 107 Å². The quantitative estimate of drug-likeness (QED) is 0.283. The molecule has 0 heterocycles. The lowest BCUT2D eigenvalue weighted by atomic mass is 9.94. The van der Waals surface area contributed by atoms with Crippen molar-refractivity contribution in [3.63, 3.8) is 0 Å². The van der Waals surface area contributed by atoms with E-state index in [1.807, 2.05) is 34.6 Å². The van der Waals surface area contributed by atoms with Gasteiger partial charge < -0.3 is 26.7 Å². The van der Waals surface area contributed by atoms with Gasteiger partial charge in [-0.15, -0.1) is 0 Å². The smallest absolute Gasteiger partial charge is 0.305 e. The third kappa shape index (κ3) is 27.8. The highest BCUT2D eigenvalue weighted by Crippen LogP contribution is 2.14. The summed E-state index contributed by atoms with van der Waals surface area (Å²) >= 11 is 0. The summed E-state index contributed by atoms with van der Waals surface area (Å²) in [6.45, 7) is 17.1. The lowest BCUT2D eigenvalue weighted by Crippen LogP contribution is -2.27. The number of hydrogen-bond acceptors (Lipinski definition) is 7. The van der Waals surface area contributed by atoms with Crippen LogP contribution in [0.25, 0.3) is 0 Å². The molecule has 37 heavy (non-hydrogen) atoms. The number of carbonyl (C=O) groups is 5. The third-order valence-electron chi connectivity index (χ3n) is 5.35. The Hall–Kier alpha value is -2.65. The molecular weight excluding hydrogens is 478 g/mol. The number of hydrogen-bond donors (Lipinski definition) is 3. The number of nitrogens with two attached hydrogens (primary N) is 3. The van der Waals surface area contributed by atoms with E-state index < -0.39 is 0 Å². The van der Waals surface area contributed by atoms with Crippen molar-refractivity contribution in [3.8, 4) is 0 Å². The first-order chi connectivity index (χ1) is 17.2. The van der Waals surface area contributed by atoms with Gasteiger partial charge in [-0.1, -0.05) is 48.5 Å². The van der Waals surface area contributed by atoms with E-state index in [1.54, 1.807) is 6.92 Å². The van der Waals surface area contributed by atoms with Gasteiger partial charge in [0.05, 0.1) is 13.2 Å². The minimum absolute atomic E-state index is 0.0833. The molecule has 0 bridgehead atoms. The molecule has 4 unspecified atom stereocenters. The first-order valence-corrected chi connectivity index (χ1v) is 13.3. The molecule has 0 spiro atoms. The second kappa shape index (κ2) is 26.4. The number of carbonyl (C=O) groups excluding carboxylic acids is 5. The van der Waals surface area contributed by atoms with Gasteiger partial charge >= 0.3 is 11.9 Å². The molecule has 10 heteroatoms. The zero-order chi connectivity index (χ0) is 30.1. The predicted octanol–water partition coefficient (Wildman–Crippen LogP) is 3.86. The summed E-state index contributed by atoms with van der Waals surface area (Å²) < 4.78 is 9.32. The fourth-order valence-corrected chi connectivity index (χ4v) is 3.21. The fraction of sp³-hybridized carbons (Fsp3) is 0.815. The maximum absolute atomic E-state index is 10.8. The minimum Gasteiger partial charge on any atom is -0.469 e. The lowest BCUT2D eigenvalue weighted by molar-refractivity contribution is -0.147. The summed E-state index contributed by atoms with van der Waals surface area (Å²) in [4.78, 5) is 53.5. The van der Waals surface area contributed by atoms with E-state index in [9.17, 15) is 24.0 Å². The van der Waals surface area contributed by atoms with E-state index in [-0.39, 0.29) is 59.9 Å². The first kappa shape index (κ1) is 41.5. The number of amides is 3. The van der Waals surface area contributed by atoms with E-state index >= 15 is 0 Å².